The highest BCUT2D eigenvalue weighted by molar-refractivity contribution is 7.09. The highest BCUT2D eigenvalue weighted by Crippen LogP contribution is 2.17. The van der Waals surface area contributed by atoms with Crippen LogP contribution in [0, 0.1) is 0 Å². The number of nitrogens with one attached hydrogen (secondary N) is 1. The Hall–Kier alpha value is -1.63. The molecular formula is C14H19N3O2S. The summed E-state index contributed by atoms with van der Waals surface area (Å²) in [5.74, 6) is 5.02. The van der Waals surface area contributed by atoms with E-state index in [4.69, 9.17) is 10.3 Å². The van der Waals surface area contributed by atoms with Crippen molar-refractivity contribution in [2.24, 2.45) is 5.84 Å². The van der Waals surface area contributed by atoms with E-state index >= 15 is 0 Å². The number of nitrogen functional groups attached to an aromatic ring is 1. The molecule has 1 amide bonds. The number of furan rings is 1. The lowest BCUT2D eigenvalue weighted by atomic mass is 10.1. The molecular weight excluding hydrogens is 274 g/mol. The van der Waals surface area contributed by atoms with E-state index < -0.39 is 5.91 Å². The average Bonchev–Trinajstić information content (AvgIpc) is 3.09. The largest absolute Gasteiger partial charge is 0.459 e. The predicted molar refractivity (Wildman–Crippen MR) is 79.3 cm³/mol. The van der Waals surface area contributed by atoms with Crippen molar-refractivity contribution in [3.63, 3.8) is 0 Å². The molecule has 2 rings (SSSR count). The molecule has 0 aliphatic heterocycles. The van der Waals surface area contributed by atoms with Gasteiger partial charge in [-0.1, -0.05) is 6.07 Å². The van der Waals surface area contributed by atoms with E-state index in [2.05, 4.69) is 34.8 Å². The third-order valence-corrected chi connectivity index (χ3v) is 4.23. The fraction of sp³-hybridized carbons (Fsp3) is 0.357. The lowest BCUT2D eigenvalue weighted by Crippen LogP contribution is -2.33. The molecule has 1 unspecified atom stereocenters. The minimum Gasteiger partial charge on any atom is -0.459 e. The van der Waals surface area contributed by atoms with E-state index in [-0.39, 0.29) is 5.76 Å². The Kier molecular flexibility index (Phi) is 4.94. The minimum absolute atomic E-state index is 0.280. The monoisotopic (exact) mass is 293 g/mol. The summed E-state index contributed by atoms with van der Waals surface area (Å²) in [6.45, 7) is 2.81. The van der Waals surface area contributed by atoms with E-state index in [0.717, 1.165) is 12.0 Å². The average molecular weight is 293 g/mol. The number of hydrazine groups is 1. The third kappa shape index (κ3) is 3.47. The summed E-state index contributed by atoms with van der Waals surface area (Å²) in [5, 5.41) is 2.09. The van der Waals surface area contributed by atoms with Crippen molar-refractivity contribution >= 4 is 17.2 Å². The van der Waals surface area contributed by atoms with Crippen LogP contribution in [-0.2, 0) is 13.0 Å². The highest BCUT2D eigenvalue weighted by atomic mass is 32.1. The van der Waals surface area contributed by atoms with Crippen LogP contribution in [0.1, 0.15) is 27.9 Å². The van der Waals surface area contributed by atoms with Gasteiger partial charge in [0.1, 0.15) is 0 Å². The number of rotatable bonds is 6. The number of thiophene rings is 1. The van der Waals surface area contributed by atoms with Gasteiger partial charge in [0.15, 0.2) is 5.76 Å². The van der Waals surface area contributed by atoms with Gasteiger partial charge in [-0.15, -0.1) is 11.3 Å². The normalized spacial score (nSPS) is 12.6. The molecule has 2 heterocycles. The van der Waals surface area contributed by atoms with Crippen molar-refractivity contribution in [2.45, 2.75) is 25.9 Å². The van der Waals surface area contributed by atoms with Gasteiger partial charge in [0.05, 0.1) is 6.26 Å². The zero-order chi connectivity index (χ0) is 14.5. The molecule has 3 N–H and O–H groups in total. The molecule has 0 saturated heterocycles. The second-order valence-corrected chi connectivity index (χ2v) is 5.83. The molecule has 0 fully saturated rings. The number of likely N-dealkylation sites (N-methyl/N-ethyl adjacent to an activating group) is 1. The molecule has 0 spiro atoms. The molecule has 20 heavy (non-hydrogen) atoms. The molecule has 108 valence electrons. The Balaban J connectivity index is 1.99. The van der Waals surface area contributed by atoms with Crippen molar-refractivity contribution in [3.8, 4) is 0 Å². The molecule has 0 aliphatic rings. The topological polar surface area (TPSA) is 71.5 Å². The summed E-state index contributed by atoms with van der Waals surface area (Å²) in [4.78, 5) is 15.1. The number of carbonyl (C=O) groups is 1. The number of nitrogens with two attached hydrogens (primary N) is 1. The summed E-state index contributed by atoms with van der Waals surface area (Å²) < 4.78 is 5.19. The number of amides is 1. The van der Waals surface area contributed by atoms with Gasteiger partial charge >= 0.3 is 5.91 Å². The van der Waals surface area contributed by atoms with Crippen LogP contribution in [0.4, 0.5) is 0 Å². The number of nitrogens with zero attached hydrogens (tertiary/aromatic N) is 1. The first kappa shape index (κ1) is 14.8. The zero-order valence-corrected chi connectivity index (χ0v) is 12.4. The van der Waals surface area contributed by atoms with E-state index in [1.807, 2.05) is 7.05 Å². The maximum Gasteiger partial charge on any atom is 0.301 e. The van der Waals surface area contributed by atoms with Gasteiger partial charge in [0.25, 0.3) is 0 Å². The van der Waals surface area contributed by atoms with Crippen LogP contribution in [0.25, 0.3) is 0 Å². The van der Waals surface area contributed by atoms with Crippen LogP contribution in [0.3, 0.4) is 0 Å². The van der Waals surface area contributed by atoms with Crippen LogP contribution in [0.2, 0.25) is 0 Å². The Morgan fingerprint density at radius 2 is 2.35 bits per heavy atom. The van der Waals surface area contributed by atoms with Crippen molar-refractivity contribution in [3.05, 3.63) is 46.0 Å². The van der Waals surface area contributed by atoms with Crippen LogP contribution < -0.4 is 11.3 Å². The molecule has 0 bridgehead atoms. The van der Waals surface area contributed by atoms with Crippen molar-refractivity contribution in [2.75, 3.05) is 7.05 Å². The lowest BCUT2D eigenvalue weighted by Gasteiger charge is -2.24. The van der Waals surface area contributed by atoms with Gasteiger partial charge in [-0.25, -0.2) is 5.84 Å². The molecule has 0 radical (unpaired) electrons. The van der Waals surface area contributed by atoms with E-state index in [1.165, 1.54) is 11.1 Å². The van der Waals surface area contributed by atoms with E-state index in [9.17, 15) is 4.79 Å². The lowest BCUT2D eigenvalue weighted by molar-refractivity contribution is 0.0922. The van der Waals surface area contributed by atoms with Crippen LogP contribution in [0.5, 0.6) is 0 Å². The van der Waals surface area contributed by atoms with E-state index in [0.29, 0.717) is 12.6 Å². The van der Waals surface area contributed by atoms with Crippen molar-refractivity contribution in [1.82, 2.24) is 10.3 Å². The zero-order valence-electron chi connectivity index (χ0n) is 11.6. The van der Waals surface area contributed by atoms with E-state index in [1.54, 1.807) is 17.4 Å². The van der Waals surface area contributed by atoms with Crippen LogP contribution >= 0.6 is 11.3 Å². The van der Waals surface area contributed by atoms with Crippen LogP contribution in [-0.4, -0.2) is 23.9 Å². The molecule has 0 aromatic carbocycles. The predicted octanol–water partition coefficient (Wildman–Crippen LogP) is 2.01. The Morgan fingerprint density at radius 1 is 1.55 bits per heavy atom. The third-order valence-electron chi connectivity index (χ3n) is 3.33. The minimum atomic E-state index is -0.399. The quantitative estimate of drug-likeness (QED) is 0.485. The molecule has 0 aliphatic carbocycles. The maximum atomic E-state index is 11.6. The first-order valence-electron chi connectivity index (χ1n) is 6.41. The summed E-state index contributed by atoms with van der Waals surface area (Å²) in [6, 6.07) is 6.38. The fourth-order valence-corrected chi connectivity index (χ4v) is 2.85. The fourth-order valence-electron chi connectivity index (χ4n) is 2.03. The molecule has 2 aromatic heterocycles. The summed E-state index contributed by atoms with van der Waals surface area (Å²) in [6.07, 6.45) is 2.50. The first-order valence-corrected chi connectivity index (χ1v) is 7.29. The Bertz CT molecular complexity index is 551. The number of hydrogen-bond donors (Lipinski definition) is 2. The van der Waals surface area contributed by atoms with Gasteiger partial charge < -0.3 is 4.42 Å². The summed E-state index contributed by atoms with van der Waals surface area (Å²) >= 11 is 1.76. The molecule has 2 aromatic rings. The summed E-state index contributed by atoms with van der Waals surface area (Å²) in [7, 11) is 2.04. The van der Waals surface area contributed by atoms with Crippen molar-refractivity contribution in [1.29, 1.82) is 0 Å². The van der Waals surface area contributed by atoms with Crippen molar-refractivity contribution < 1.29 is 9.21 Å². The molecule has 5 nitrogen and oxygen atoms in total. The highest BCUT2D eigenvalue weighted by Gasteiger charge is 2.18. The SMILES string of the molecule is CC(Cc1cccs1)N(C)Cc1ccoc1C(=O)NN. The van der Waals surface area contributed by atoms with Gasteiger partial charge in [-0.05, 0) is 37.9 Å². The standard InChI is InChI=1S/C14H19N3O2S/c1-10(8-12-4-3-7-20-12)17(2)9-11-5-6-19-13(11)14(18)16-15/h3-7,10H,8-9,15H2,1-2H3,(H,16,18). The number of carbonyl (C=O) groups excluding carboxylic acids is 1. The smallest absolute Gasteiger partial charge is 0.301 e. The van der Waals surface area contributed by atoms with Gasteiger partial charge in [0, 0.05) is 23.0 Å². The van der Waals surface area contributed by atoms with Gasteiger partial charge in [-0.3, -0.25) is 15.1 Å². The van der Waals surface area contributed by atoms with Gasteiger partial charge in [0.2, 0.25) is 0 Å². The second-order valence-electron chi connectivity index (χ2n) is 4.80. The second kappa shape index (κ2) is 6.69. The Morgan fingerprint density at radius 3 is 3.00 bits per heavy atom. The molecule has 6 heteroatoms. The first-order chi connectivity index (χ1) is 9.61. The molecule has 1 atom stereocenters. The molecule has 0 saturated carbocycles. The summed E-state index contributed by atoms with van der Waals surface area (Å²) in [5.41, 5.74) is 2.94. The van der Waals surface area contributed by atoms with Crippen LogP contribution in [0.15, 0.2) is 34.3 Å². The maximum absolute atomic E-state index is 11.6. The Labute approximate surface area is 122 Å². The number of hydrogen-bond acceptors (Lipinski definition) is 5. The van der Waals surface area contributed by atoms with Gasteiger partial charge in [-0.2, -0.15) is 0 Å².